The summed E-state index contributed by atoms with van der Waals surface area (Å²) in [7, 11) is 0. The minimum atomic E-state index is -0.435. The fourth-order valence-electron chi connectivity index (χ4n) is 1.04. The van der Waals surface area contributed by atoms with Crippen LogP contribution in [0.3, 0.4) is 0 Å². The minimum absolute atomic E-state index is 0.435. The van der Waals surface area contributed by atoms with E-state index >= 15 is 0 Å². The highest BCUT2D eigenvalue weighted by Crippen LogP contribution is 2.21. The number of aliphatic hydroxyl groups is 1. The Hall–Kier alpha value is -0.0400. The maximum Gasteiger partial charge on any atom is 0.0619 e. The molecule has 0 aliphatic heterocycles. The molecule has 0 amide bonds. The Kier molecular flexibility index (Phi) is 3.95. The fourth-order valence-corrected chi connectivity index (χ4v) is 1.04. The van der Waals surface area contributed by atoms with Crippen LogP contribution in [0, 0.1) is 5.92 Å². The first-order valence-corrected chi connectivity index (χ1v) is 4.24. The molecule has 0 heterocycles. The summed E-state index contributed by atoms with van der Waals surface area (Å²) in [5, 5.41) is 9.62. The maximum atomic E-state index is 9.62. The predicted octanol–water partition coefficient (Wildman–Crippen LogP) is 2.58. The lowest BCUT2D eigenvalue weighted by molar-refractivity contribution is 0.0319. The Labute approximate surface area is 64.5 Å². The zero-order valence-corrected chi connectivity index (χ0v) is 7.65. The number of rotatable bonds is 4. The Morgan fingerprint density at radius 3 is 2.20 bits per heavy atom. The molecular formula is C9H20O. The van der Waals surface area contributed by atoms with Crippen molar-refractivity contribution in [2.75, 3.05) is 0 Å². The van der Waals surface area contributed by atoms with Crippen LogP contribution in [0.4, 0.5) is 0 Å². The third kappa shape index (κ3) is 3.89. The molecule has 62 valence electrons. The van der Waals surface area contributed by atoms with Gasteiger partial charge in [0, 0.05) is 0 Å². The van der Waals surface area contributed by atoms with Gasteiger partial charge in [-0.2, -0.15) is 0 Å². The highest BCUT2D eigenvalue weighted by molar-refractivity contribution is 4.72. The van der Waals surface area contributed by atoms with Crippen LogP contribution in [0.15, 0.2) is 0 Å². The van der Waals surface area contributed by atoms with Crippen molar-refractivity contribution in [2.24, 2.45) is 5.92 Å². The Morgan fingerprint density at radius 1 is 1.40 bits per heavy atom. The summed E-state index contributed by atoms with van der Waals surface area (Å²) in [6, 6.07) is 0. The smallest absolute Gasteiger partial charge is 0.0619 e. The largest absolute Gasteiger partial charge is 0.390 e. The van der Waals surface area contributed by atoms with Crippen molar-refractivity contribution >= 4 is 0 Å². The summed E-state index contributed by atoms with van der Waals surface area (Å²) in [6.45, 7) is 8.29. The molecule has 0 fully saturated rings. The van der Waals surface area contributed by atoms with Crippen molar-refractivity contribution in [1.29, 1.82) is 0 Å². The molecule has 0 saturated carbocycles. The van der Waals surface area contributed by atoms with Gasteiger partial charge < -0.3 is 5.11 Å². The summed E-state index contributed by atoms with van der Waals surface area (Å²) in [5.41, 5.74) is -0.435. The SMILES string of the molecule is CC[C@H](C)C[C@@](C)(O)CC. The van der Waals surface area contributed by atoms with Crippen molar-refractivity contribution < 1.29 is 5.11 Å². The van der Waals surface area contributed by atoms with Crippen LogP contribution in [-0.2, 0) is 0 Å². The summed E-state index contributed by atoms with van der Waals surface area (Å²) in [5.74, 6) is 0.648. The molecule has 1 nitrogen and oxygen atoms in total. The lowest BCUT2D eigenvalue weighted by Crippen LogP contribution is -2.25. The quantitative estimate of drug-likeness (QED) is 0.643. The number of hydrogen-bond donors (Lipinski definition) is 1. The molecule has 0 aliphatic rings. The minimum Gasteiger partial charge on any atom is -0.390 e. The standard InChI is InChI=1S/C9H20O/c1-5-8(3)7-9(4,10)6-2/h8,10H,5-7H2,1-4H3/t8-,9-/m0/s1. The molecule has 10 heavy (non-hydrogen) atoms. The lowest BCUT2D eigenvalue weighted by Gasteiger charge is -2.24. The molecule has 1 N–H and O–H groups in total. The van der Waals surface area contributed by atoms with Gasteiger partial charge in [0.05, 0.1) is 5.60 Å². The van der Waals surface area contributed by atoms with Gasteiger partial charge in [-0.3, -0.25) is 0 Å². The first-order valence-electron chi connectivity index (χ1n) is 4.24. The third-order valence-corrected chi connectivity index (χ3v) is 2.25. The highest BCUT2D eigenvalue weighted by Gasteiger charge is 2.19. The predicted molar refractivity (Wildman–Crippen MR) is 45.0 cm³/mol. The van der Waals surface area contributed by atoms with Crippen molar-refractivity contribution in [3.05, 3.63) is 0 Å². The average Bonchev–Trinajstić information content (AvgIpc) is 1.87. The van der Waals surface area contributed by atoms with Crippen molar-refractivity contribution in [1.82, 2.24) is 0 Å². The molecular weight excluding hydrogens is 124 g/mol. The van der Waals surface area contributed by atoms with Gasteiger partial charge in [-0.25, -0.2) is 0 Å². The second kappa shape index (κ2) is 3.97. The van der Waals surface area contributed by atoms with E-state index in [1.54, 1.807) is 0 Å². The van der Waals surface area contributed by atoms with E-state index in [1.165, 1.54) is 0 Å². The van der Waals surface area contributed by atoms with Crippen LogP contribution >= 0.6 is 0 Å². The molecule has 0 radical (unpaired) electrons. The molecule has 0 bridgehead atoms. The second-order valence-electron chi connectivity index (χ2n) is 3.57. The van der Waals surface area contributed by atoms with Gasteiger partial charge in [-0.05, 0) is 25.7 Å². The van der Waals surface area contributed by atoms with Crippen LogP contribution in [0.1, 0.15) is 47.0 Å². The summed E-state index contributed by atoms with van der Waals surface area (Å²) >= 11 is 0. The van der Waals surface area contributed by atoms with Gasteiger partial charge in [0.1, 0.15) is 0 Å². The normalized spacial score (nSPS) is 20.1. The van der Waals surface area contributed by atoms with E-state index in [-0.39, 0.29) is 0 Å². The summed E-state index contributed by atoms with van der Waals surface area (Å²) in [4.78, 5) is 0. The van der Waals surface area contributed by atoms with E-state index in [2.05, 4.69) is 13.8 Å². The molecule has 2 atom stereocenters. The van der Waals surface area contributed by atoms with E-state index < -0.39 is 5.60 Å². The van der Waals surface area contributed by atoms with Gasteiger partial charge in [0.15, 0.2) is 0 Å². The summed E-state index contributed by atoms with van der Waals surface area (Å²) in [6.07, 6.45) is 2.95. The van der Waals surface area contributed by atoms with Crippen molar-refractivity contribution in [3.8, 4) is 0 Å². The zero-order valence-electron chi connectivity index (χ0n) is 7.65. The van der Waals surface area contributed by atoms with E-state index in [0.717, 1.165) is 19.3 Å². The molecule has 1 heteroatoms. The zero-order chi connectivity index (χ0) is 8.20. The molecule has 0 spiro atoms. The van der Waals surface area contributed by atoms with Gasteiger partial charge in [0.25, 0.3) is 0 Å². The van der Waals surface area contributed by atoms with Gasteiger partial charge >= 0.3 is 0 Å². The van der Waals surface area contributed by atoms with E-state index in [0.29, 0.717) is 5.92 Å². The first kappa shape index (κ1) is 9.96. The van der Waals surface area contributed by atoms with Crippen molar-refractivity contribution in [3.63, 3.8) is 0 Å². The van der Waals surface area contributed by atoms with Crippen LogP contribution < -0.4 is 0 Å². The van der Waals surface area contributed by atoms with Crippen LogP contribution in [0.5, 0.6) is 0 Å². The highest BCUT2D eigenvalue weighted by atomic mass is 16.3. The lowest BCUT2D eigenvalue weighted by atomic mass is 9.90. The molecule has 0 rings (SSSR count). The summed E-state index contributed by atoms with van der Waals surface area (Å²) < 4.78 is 0. The first-order chi connectivity index (χ1) is 4.52. The monoisotopic (exact) mass is 144 g/mol. The van der Waals surface area contributed by atoms with Gasteiger partial charge in [-0.15, -0.1) is 0 Å². The fraction of sp³-hybridized carbons (Fsp3) is 1.00. The third-order valence-electron chi connectivity index (χ3n) is 2.25. The Morgan fingerprint density at radius 2 is 1.90 bits per heavy atom. The molecule has 0 aromatic rings. The molecule has 0 aliphatic carbocycles. The van der Waals surface area contributed by atoms with Gasteiger partial charge in [0.2, 0.25) is 0 Å². The maximum absolute atomic E-state index is 9.62. The van der Waals surface area contributed by atoms with Crippen molar-refractivity contribution in [2.45, 2.75) is 52.6 Å². The van der Waals surface area contributed by atoms with E-state index in [9.17, 15) is 5.11 Å². The van der Waals surface area contributed by atoms with Crippen LogP contribution in [0.25, 0.3) is 0 Å². The molecule has 0 unspecified atom stereocenters. The Bertz CT molecular complexity index is 86.7. The molecule has 0 aromatic carbocycles. The molecule has 0 saturated heterocycles. The average molecular weight is 144 g/mol. The van der Waals surface area contributed by atoms with Crippen LogP contribution in [0.2, 0.25) is 0 Å². The molecule has 0 aromatic heterocycles. The topological polar surface area (TPSA) is 20.2 Å². The van der Waals surface area contributed by atoms with Gasteiger partial charge in [-0.1, -0.05) is 27.2 Å². The Balaban J connectivity index is 3.64. The van der Waals surface area contributed by atoms with E-state index in [1.807, 2.05) is 13.8 Å². The number of hydrogen-bond acceptors (Lipinski definition) is 1. The van der Waals surface area contributed by atoms with E-state index in [4.69, 9.17) is 0 Å². The van der Waals surface area contributed by atoms with Crippen LogP contribution in [-0.4, -0.2) is 10.7 Å². The second-order valence-corrected chi connectivity index (χ2v) is 3.57.